The zero-order chi connectivity index (χ0) is 21.2. The topological polar surface area (TPSA) is 104 Å². The van der Waals surface area contributed by atoms with Gasteiger partial charge in [0.2, 0.25) is 11.8 Å². The summed E-state index contributed by atoms with van der Waals surface area (Å²) in [4.78, 5) is 25.9. The van der Waals surface area contributed by atoms with Crippen LogP contribution in [0.4, 0.5) is 0 Å². The highest BCUT2D eigenvalue weighted by molar-refractivity contribution is 8.01. The van der Waals surface area contributed by atoms with E-state index in [0.29, 0.717) is 23.9 Å². The predicted molar refractivity (Wildman–Crippen MR) is 123 cm³/mol. The third kappa shape index (κ3) is 5.04. The summed E-state index contributed by atoms with van der Waals surface area (Å²) in [6.45, 7) is 2.39. The molecule has 8 nitrogen and oxygen atoms in total. The maximum atomic E-state index is 13.1. The smallest absolute Gasteiger partial charge is 0.248 e. The normalized spacial score (nSPS) is 41.1. The van der Waals surface area contributed by atoms with Crippen molar-refractivity contribution in [2.24, 2.45) is 11.8 Å². The number of ether oxygens (including phenoxy) is 1. The van der Waals surface area contributed by atoms with Crippen molar-refractivity contribution in [1.82, 2.24) is 26.6 Å². The first-order valence-electron chi connectivity index (χ1n) is 11.9. The van der Waals surface area contributed by atoms with E-state index in [0.717, 1.165) is 37.6 Å². The molecular formula is C21H35N5O3S2. The molecule has 0 spiro atoms. The Morgan fingerprint density at radius 1 is 0.903 bits per heavy atom. The van der Waals surface area contributed by atoms with Gasteiger partial charge in [-0.15, -0.1) is 23.5 Å². The molecule has 0 aromatic heterocycles. The first-order chi connectivity index (χ1) is 15.2. The van der Waals surface area contributed by atoms with E-state index in [4.69, 9.17) is 4.74 Å². The van der Waals surface area contributed by atoms with Crippen molar-refractivity contribution in [3.05, 3.63) is 0 Å². The Bertz CT molecular complexity index is 659. The average Bonchev–Trinajstić information content (AvgIpc) is 3.54. The predicted octanol–water partition coefficient (Wildman–Crippen LogP) is 0.543. The number of carbonyl (C=O) groups is 2. The molecule has 5 fully saturated rings. The van der Waals surface area contributed by atoms with Gasteiger partial charge in [-0.1, -0.05) is 19.3 Å². The molecule has 0 aromatic rings. The average molecular weight is 470 g/mol. The van der Waals surface area contributed by atoms with E-state index in [1.807, 2.05) is 0 Å². The van der Waals surface area contributed by atoms with E-state index in [9.17, 15) is 9.59 Å². The van der Waals surface area contributed by atoms with Crippen LogP contribution in [-0.2, 0) is 14.3 Å². The van der Waals surface area contributed by atoms with Crippen molar-refractivity contribution in [3.63, 3.8) is 0 Å². The second-order valence-corrected chi connectivity index (χ2v) is 11.9. The van der Waals surface area contributed by atoms with Gasteiger partial charge in [0, 0.05) is 23.9 Å². The fourth-order valence-electron chi connectivity index (χ4n) is 5.74. The first kappa shape index (κ1) is 22.3. The van der Waals surface area contributed by atoms with E-state index in [1.54, 1.807) is 23.5 Å². The lowest BCUT2D eigenvalue weighted by Gasteiger charge is -2.40. The molecule has 5 aliphatic rings. The summed E-state index contributed by atoms with van der Waals surface area (Å²) >= 11 is 3.46. The molecule has 174 valence electrons. The Labute approximate surface area is 192 Å². The molecule has 7 unspecified atom stereocenters. The zero-order valence-corrected chi connectivity index (χ0v) is 19.6. The number of hydrogen-bond donors (Lipinski definition) is 5. The molecule has 0 radical (unpaired) electrons. The van der Waals surface area contributed by atoms with Gasteiger partial charge in [-0.05, 0) is 43.9 Å². The molecular weight excluding hydrogens is 434 g/mol. The molecule has 4 aliphatic heterocycles. The van der Waals surface area contributed by atoms with Crippen LogP contribution in [-0.4, -0.2) is 71.7 Å². The molecule has 5 N–H and O–H groups in total. The maximum absolute atomic E-state index is 13.1. The molecule has 0 bridgehead atoms. The molecule has 2 amide bonds. The monoisotopic (exact) mass is 469 g/mol. The Kier molecular flexibility index (Phi) is 7.31. The minimum Gasteiger partial charge on any atom is -0.344 e. The lowest BCUT2D eigenvalue weighted by atomic mass is 9.78. The minimum atomic E-state index is -0.408. The van der Waals surface area contributed by atoms with E-state index in [-0.39, 0.29) is 28.5 Å². The second-order valence-electron chi connectivity index (χ2n) is 9.32. The summed E-state index contributed by atoms with van der Waals surface area (Å²) in [5, 5.41) is 16.7. The number of nitrogens with one attached hydrogen (secondary N) is 5. The molecule has 1 saturated carbocycles. The van der Waals surface area contributed by atoms with E-state index < -0.39 is 6.35 Å². The first-order valence-corrected chi connectivity index (χ1v) is 13.9. The van der Waals surface area contributed by atoms with Crippen molar-refractivity contribution in [1.29, 1.82) is 0 Å². The lowest BCUT2D eigenvalue weighted by Crippen LogP contribution is -2.59. The quantitative estimate of drug-likeness (QED) is 0.398. The SMILES string of the molecule is O=C(NC1SCCC1C(=O)NC1NCCO1)C1NC2C(CCNC2C2CCCCC2)S1. The standard InChI is InChI=1S/C21H35N5O3S2/c27-17(26-21-23-9-10-29-21)13-7-11-30-19(13)25-18(28)20-24-16-14(31-20)6-8-22-15(16)12-4-2-1-3-5-12/h12-16,19-24H,1-11H2,(H,25,28)(H,26,27). The van der Waals surface area contributed by atoms with Crippen molar-refractivity contribution >= 4 is 35.3 Å². The number of fused-ring (bicyclic) bond motifs is 1. The molecule has 4 saturated heterocycles. The Hall–Kier alpha value is -0.520. The maximum Gasteiger partial charge on any atom is 0.248 e. The van der Waals surface area contributed by atoms with Crippen LogP contribution < -0.4 is 26.6 Å². The summed E-state index contributed by atoms with van der Waals surface area (Å²) in [6.07, 6.45) is 8.11. The summed E-state index contributed by atoms with van der Waals surface area (Å²) in [5.41, 5.74) is 0. The van der Waals surface area contributed by atoms with Crippen molar-refractivity contribution in [2.45, 2.75) is 79.4 Å². The molecule has 7 atom stereocenters. The molecule has 1 aliphatic carbocycles. The second kappa shape index (κ2) is 10.2. The number of carbonyl (C=O) groups excluding carboxylic acids is 2. The molecule has 4 heterocycles. The van der Waals surface area contributed by atoms with Crippen molar-refractivity contribution in [2.75, 3.05) is 25.4 Å². The third-order valence-electron chi connectivity index (χ3n) is 7.35. The van der Waals surface area contributed by atoms with Gasteiger partial charge in [0.05, 0.1) is 17.9 Å². The van der Waals surface area contributed by atoms with Crippen LogP contribution in [0.1, 0.15) is 44.9 Å². The Balaban J connectivity index is 1.16. The summed E-state index contributed by atoms with van der Waals surface area (Å²) in [6, 6.07) is 0.834. The highest BCUT2D eigenvalue weighted by atomic mass is 32.2. The highest BCUT2D eigenvalue weighted by Gasteiger charge is 2.47. The van der Waals surface area contributed by atoms with Crippen LogP contribution in [0.5, 0.6) is 0 Å². The van der Waals surface area contributed by atoms with Crippen LogP contribution in [0.25, 0.3) is 0 Å². The third-order valence-corrected chi connectivity index (χ3v) is 10.1. The van der Waals surface area contributed by atoms with Gasteiger partial charge in [0.15, 0.2) is 6.35 Å². The van der Waals surface area contributed by atoms with Gasteiger partial charge in [0.25, 0.3) is 0 Å². The summed E-state index contributed by atoms with van der Waals surface area (Å²) in [5.74, 6) is 1.37. The Morgan fingerprint density at radius 2 is 1.77 bits per heavy atom. The molecule has 0 aromatic carbocycles. The molecule has 31 heavy (non-hydrogen) atoms. The zero-order valence-electron chi connectivity index (χ0n) is 17.9. The lowest BCUT2D eigenvalue weighted by molar-refractivity contribution is -0.129. The van der Waals surface area contributed by atoms with Crippen LogP contribution in [0, 0.1) is 11.8 Å². The summed E-state index contributed by atoms with van der Waals surface area (Å²) < 4.78 is 5.44. The fourth-order valence-corrected chi connectivity index (χ4v) is 8.53. The van der Waals surface area contributed by atoms with Crippen molar-refractivity contribution < 1.29 is 14.3 Å². The number of amides is 2. The van der Waals surface area contributed by atoms with Crippen molar-refractivity contribution in [3.8, 4) is 0 Å². The number of piperidine rings is 1. The van der Waals surface area contributed by atoms with E-state index in [1.165, 1.54) is 32.1 Å². The number of hydrogen-bond acceptors (Lipinski definition) is 8. The van der Waals surface area contributed by atoms with Gasteiger partial charge >= 0.3 is 0 Å². The largest absolute Gasteiger partial charge is 0.344 e. The van der Waals surface area contributed by atoms with Gasteiger partial charge in [-0.3, -0.25) is 20.2 Å². The van der Waals surface area contributed by atoms with Gasteiger partial charge in [0.1, 0.15) is 5.37 Å². The summed E-state index contributed by atoms with van der Waals surface area (Å²) in [7, 11) is 0. The van der Waals surface area contributed by atoms with Crippen LogP contribution in [0.2, 0.25) is 0 Å². The molecule has 5 rings (SSSR count). The fraction of sp³-hybridized carbons (Fsp3) is 0.905. The number of thioether (sulfide) groups is 2. The molecule has 10 heteroatoms. The Morgan fingerprint density at radius 3 is 2.58 bits per heavy atom. The van der Waals surface area contributed by atoms with E-state index >= 15 is 0 Å². The van der Waals surface area contributed by atoms with Gasteiger partial charge in [-0.25, -0.2) is 0 Å². The highest BCUT2D eigenvalue weighted by Crippen LogP contribution is 2.39. The van der Waals surface area contributed by atoms with Crippen LogP contribution >= 0.6 is 23.5 Å². The van der Waals surface area contributed by atoms with Crippen LogP contribution in [0.15, 0.2) is 0 Å². The minimum absolute atomic E-state index is 0.0224. The number of rotatable bonds is 5. The van der Waals surface area contributed by atoms with E-state index in [2.05, 4.69) is 26.6 Å². The van der Waals surface area contributed by atoms with Gasteiger partial charge in [-0.2, -0.15) is 0 Å². The van der Waals surface area contributed by atoms with Gasteiger partial charge < -0.3 is 20.7 Å². The van der Waals surface area contributed by atoms with Crippen LogP contribution in [0.3, 0.4) is 0 Å².